The Labute approximate surface area is 99.9 Å². The van der Waals surface area contributed by atoms with E-state index in [1.54, 1.807) is 0 Å². The third-order valence-corrected chi connectivity index (χ3v) is 3.62. The molecule has 3 heteroatoms. The van der Waals surface area contributed by atoms with Crippen LogP contribution >= 0.6 is 0 Å². The summed E-state index contributed by atoms with van der Waals surface area (Å²) in [5.41, 5.74) is 1.31. The molecule has 2 N–H and O–H groups in total. The minimum atomic E-state index is 0.0123. The van der Waals surface area contributed by atoms with Gasteiger partial charge in [-0.2, -0.15) is 0 Å². The fraction of sp³-hybridized carbons (Fsp3) is 0.357. The summed E-state index contributed by atoms with van der Waals surface area (Å²) in [6, 6.07) is 7.89. The van der Waals surface area contributed by atoms with Gasteiger partial charge in [0.1, 0.15) is 0 Å². The van der Waals surface area contributed by atoms with Crippen LogP contribution in [0.3, 0.4) is 0 Å². The molecule has 1 aromatic carbocycles. The Hall–Kier alpha value is -1.61. The van der Waals surface area contributed by atoms with Crippen molar-refractivity contribution in [2.45, 2.75) is 18.8 Å². The van der Waals surface area contributed by atoms with Gasteiger partial charge in [-0.25, -0.2) is 0 Å². The third kappa shape index (κ3) is 1.87. The molecule has 1 fully saturated rings. The molecule has 0 atom stereocenters. The molecule has 3 nitrogen and oxygen atoms in total. The highest BCUT2D eigenvalue weighted by Gasteiger charge is 2.17. The summed E-state index contributed by atoms with van der Waals surface area (Å²) in [5.74, 6) is 0.568. The van der Waals surface area contributed by atoms with E-state index in [0.717, 1.165) is 36.7 Å². The Morgan fingerprint density at radius 2 is 1.76 bits per heavy atom. The highest BCUT2D eigenvalue weighted by molar-refractivity contribution is 5.84. The second kappa shape index (κ2) is 4.34. The van der Waals surface area contributed by atoms with Crippen LogP contribution in [0.25, 0.3) is 10.8 Å². The van der Waals surface area contributed by atoms with Crippen LogP contribution in [-0.2, 0) is 0 Å². The van der Waals surface area contributed by atoms with Gasteiger partial charge in [-0.05, 0) is 48.9 Å². The number of rotatable bonds is 1. The van der Waals surface area contributed by atoms with E-state index in [1.165, 1.54) is 5.56 Å². The molecular weight excluding hydrogens is 212 g/mol. The molecule has 0 bridgehead atoms. The lowest BCUT2D eigenvalue weighted by Gasteiger charge is -2.23. The molecule has 0 radical (unpaired) electrons. The van der Waals surface area contributed by atoms with E-state index >= 15 is 0 Å². The van der Waals surface area contributed by atoms with Crippen molar-refractivity contribution in [3.63, 3.8) is 0 Å². The fourth-order valence-electron chi connectivity index (χ4n) is 2.70. The zero-order chi connectivity index (χ0) is 11.7. The van der Waals surface area contributed by atoms with Gasteiger partial charge in [-0.15, -0.1) is 0 Å². The molecule has 0 saturated carbocycles. The minimum Gasteiger partial charge on any atom is -0.328 e. The summed E-state index contributed by atoms with van der Waals surface area (Å²) in [4.78, 5) is 14.6. The number of hydrogen-bond acceptors (Lipinski definition) is 2. The van der Waals surface area contributed by atoms with Gasteiger partial charge in [0.2, 0.25) is 0 Å². The van der Waals surface area contributed by atoms with E-state index in [0.29, 0.717) is 5.92 Å². The minimum absolute atomic E-state index is 0.0123. The molecule has 0 spiro atoms. The number of hydrogen-bond donors (Lipinski definition) is 2. The van der Waals surface area contributed by atoms with Crippen molar-refractivity contribution in [3.8, 4) is 0 Å². The van der Waals surface area contributed by atoms with Gasteiger partial charge in [0.25, 0.3) is 5.56 Å². The number of benzene rings is 1. The largest absolute Gasteiger partial charge is 0.328 e. The monoisotopic (exact) mass is 228 g/mol. The number of piperidine rings is 1. The molecule has 0 aliphatic carbocycles. The highest BCUT2D eigenvalue weighted by atomic mass is 16.1. The van der Waals surface area contributed by atoms with Crippen molar-refractivity contribution in [2.24, 2.45) is 0 Å². The maximum absolute atomic E-state index is 11.7. The third-order valence-electron chi connectivity index (χ3n) is 3.62. The van der Waals surface area contributed by atoms with E-state index in [9.17, 15) is 4.79 Å². The smallest absolute Gasteiger partial charge is 0.255 e. The number of aromatic amines is 1. The fourth-order valence-corrected chi connectivity index (χ4v) is 2.70. The van der Waals surface area contributed by atoms with Gasteiger partial charge in [0.15, 0.2) is 0 Å². The van der Waals surface area contributed by atoms with E-state index in [1.807, 2.05) is 24.4 Å². The van der Waals surface area contributed by atoms with Crippen molar-refractivity contribution < 1.29 is 0 Å². The van der Waals surface area contributed by atoms with Gasteiger partial charge >= 0.3 is 0 Å². The second-order valence-corrected chi connectivity index (χ2v) is 4.64. The molecule has 3 rings (SSSR count). The maximum atomic E-state index is 11.7. The van der Waals surface area contributed by atoms with Crippen molar-refractivity contribution in [3.05, 3.63) is 46.4 Å². The first kappa shape index (κ1) is 10.5. The lowest BCUT2D eigenvalue weighted by Crippen LogP contribution is -2.27. The molecule has 17 heavy (non-hydrogen) atoms. The second-order valence-electron chi connectivity index (χ2n) is 4.64. The summed E-state index contributed by atoms with van der Waals surface area (Å²) in [6.07, 6.45) is 4.20. The molecule has 88 valence electrons. The van der Waals surface area contributed by atoms with E-state index in [2.05, 4.69) is 16.4 Å². The average molecular weight is 228 g/mol. The Balaban J connectivity index is 2.16. The standard InChI is InChI=1S/C14H16N2O/c17-14-12-4-2-1-3-11(12)13(9-16-14)10-5-7-15-8-6-10/h1-4,9-10,15H,5-8H2,(H,16,17). The number of aromatic nitrogens is 1. The van der Waals surface area contributed by atoms with Gasteiger partial charge in [-0.3, -0.25) is 4.79 Å². The zero-order valence-electron chi connectivity index (χ0n) is 9.70. The van der Waals surface area contributed by atoms with Crippen LogP contribution in [0.5, 0.6) is 0 Å². The number of pyridine rings is 1. The molecule has 0 amide bonds. The average Bonchev–Trinajstić information content (AvgIpc) is 2.41. The number of nitrogens with one attached hydrogen (secondary N) is 2. The quantitative estimate of drug-likeness (QED) is 0.784. The normalized spacial score (nSPS) is 17.4. The predicted octanol–water partition coefficient (Wildman–Crippen LogP) is 2.00. The van der Waals surface area contributed by atoms with Crippen LogP contribution in [0.15, 0.2) is 35.3 Å². The Kier molecular flexibility index (Phi) is 2.69. The molecule has 1 aromatic heterocycles. The number of fused-ring (bicyclic) bond motifs is 1. The molecule has 0 unspecified atom stereocenters. The van der Waals surface area contributed by atoms with E-state index in [-0.39, 0.29) is 5.56 Å². The lowest BCUT2D eigenvalue weighted by atomic mass is 9.88. The first-order valence-corrected chi connectivity index (χ1v) is 6.17. The molecule has 1 saturated heterocycles. The van der Waals surface area contributed by atoms with Gasteiger partial charge in [-0.1, -0.05) is 18.2 Å². The van der Waals surface area contributed by atoms with Crippen molar-refractivity contribution >= 4 is 10.8 Å². The van der Waals surface area contributed by atoms with Crippen LogP contribution in [0.1, 0.15) is 24.3 Å². The Morgan fingerprint density at radius 3 is 2.53 bits per heavy atom. The van der Waals surface area contributed by atoms with E-state index in [4.69, 9.17) is 0 Å². The van der Waals surface area contributed by atoms with Crippen LogP contribution in [-0.4, -0.2) is 18.1 Å². The van der Waals surface area contributed by atoms with Gasteiger partial charge in [0, 0.05) is 11.6 Å². The predicted molar refractivity (Wildman–Crippen MR) is 69.4 cm³/mol. The van der Waals surface area contributed by atoms with Crippen molar-refractivity contribution in [1.82, 2.24) is 10.3 Å². The Bertz CT molecular complexity index is 582. The summed E-state index contributed by atoms with van der Waals surface area (Å²) < 4.78 is 0. The summed E-state index contributed by atoms with van der Waals surface area (Å²) in [7, 11) is 0. The van der Waals surface area contributed by atoms with Crippen LogP contribution in [0.4, 0.5) is 0 Å². The zero-order valence-corrected chi connectivity index (χ0v) is 9.70. The van der Waals surface area contributed by atoms with E-state index < -0.39 is 0 Å². The van der Waals surface area contributed by atoms with Gasteiger partial charge < -0.3 is 10.3 Å². The molecule has 1 aliphatic heterocycles. The number of H-pyrrole nitrogens is 1. The Morgan fingerprint density at radius 1 is 1.06 bits per heavy atom. The maximum Gasteiger partial charge on any atom is 0.255 e. The molecule has 2 aromatic rings. The first-order valence-electron chi connectivity index (χ1n) is 6.17. The van der Waals surface area contributed by atoms with Crippen LogP contribution < -0.4 is 10.9 Å². The summed E-state index contributed by atoms with van der Waals surface area (Å²) in [6.45, 7) is 2.14. The SMILES string of the molecule is O=c1[nH]cc(C2CCNCC2)c2ccccc12. The molecule has 1 aliphatic rings. The molecule has 2 heterocycles. The lowest BCUT2D eigenvalue weighted by molar-refractivity contribution is 0.461. The van der Waals surface area contributed by atoms with Crippen LogP contribution in [0, 0.1) is 0 Å². The molecular formula is C14H16N2O. The highest BCUT2D eigenvalue weighted by Crippen LogP contribution is 2.29. The van der Waals surface area contributed by atoms with Crippen LogP contribution in [0.2, 0.25) is 0 Å². The van der Waals surface area contributed by atoms with Crippen molar-refractivity contribution in [1.29, 1.82) is 0 Å². The summed E-state index contributed by atoms with van der Waals surface area (Å²) in [5, 5.41) is 5.29. The van der Waals surface area contributed by atoms with Crippen molar-refractivity contribution in [2.75, 3.05) is 13.1 Å². The summed E-state index contributed by atoms with van der Waals surface area (Å²) >= 11 is 0. The van der Waals surface area contributed by atoms with Gasteiger partial charge in [0.05, 0.1) is 0 Å². The topological polar surface area (TPSA) is 44.9 Å². The first-order chi connectivity index (χ1) is 8.36.